The molecule has 0 aliphatic carbocycles. The molecular weight excluding hydrogens is 228 g/mol. The molecule has 18 heavy (non-hydrogen) atoms. The summed E-state index contributed by atoms with van der Waals surface area (Å²) < 4.78 is 5.40. The third-order valence-electron chi connectivity index (χ3n) is 2.93. The Hall–Kier alpha value is -1.35. The van der Waals surface area contributed by atoms with Gasteiger partial charge in [-0.05, 0) is 29.0 Å². The molecule has 0 saturated heterocycles. The van der Waals surface area contributed by atoms with Crippen molar-refractivity contribution in [2.24, 2.45) is 0 Å². The molecule has 3 heteroatoms. The van der Waals surface area contributed by atoms with E-state index in [9.17, 15) is 4.79 Å². The van der Waals surface area contributed by atoms with Crippen molar-refractivity contribution >= 4 is 5.97 Å². The first-order valence-electron chi connectivity index (χ1n) is 6.20. The first kappa shape index (κ1) is 14.7. The molecule has 100 valence electrons. The molecule has 0 amide bonds. The van der Waals surface area contributed by atoms with Gasteiger partial charge in [0.25, 0.3) is 0 Å². The Kier molecular flexibility index (Phi) is 4.91. The van der Waals surface area contributed by atoms with Crippen LogP contribution in [-0.2, 0) is 21.6 Å². The molecule has 0 radical (unpaired) electrons. The maximum atomic E-state index is 10.4. The van der Waals surface area contributed by atoms with Crippen LogP contribution >= 0.6 is 0 Å². The van der Waals surface area contributed by atoms with Crippen molar-refractivity contribution in [1.29, 1.82) is 0 Å². The largest absolute Gasteiger partial charge is 0.481 e. The van der Waals surface area contributed by atoms with Gasteiger partial charge in [-0.25, -0.2) is 0 Å². The second-order valence-electron chi connectivity index (χ2n) is 5.59. The number of aryl methyl sites for hydroxylation is 1. The maximum Gasteiger partial charge on any atom is 0.305 e. The van der Waals surface area contributed by atoms with Crippen LogP contribution in [0.15, 0.2) is 18.2 Å². The molecule has 0 aliphatic heterocycles. The highest BCUT2D eigenvalue weighted by Crippen LogP contribution is 2.24. The monoisotopic (exact) mass is 250 g/mol. The smallest absolute Gasteiger partial charge is 0.305 e. The fourth-order valence-electron chi connectivity index (χ4n) is 1.64. The number of rotatable bonds is 5. The van der Waals surface area contributed by atoms with E-state index in [2.05, 4.69) is 39.0 Å². The molecule has 1 rings (SSSR count). The van der Waals surface area contributed by atoms with Crippen LogP contribution in [0.1, 0.15) is 43.9 Å². The van der Waals surface area contributed by atoms with Crippen LogP contribution < -0.4 is 0 Å². The van der Waals surface area contributed by atoms with Crippen molar-refractivity contribution in [3.8, 4) is 0 Å². The third-order valence-corrected chi connectivity index (χ3v) is 2.93. The van der Waals surface area contributed by atoms with E-state index < -0.39 is 5.97 Å². The lowest BCUT2D eigenvalue weighted by molar-refractivity contribution is -0.138. The van der Waals surface area contributed by atoms with Gasteiger partial charge in [-0.1, -0.05) is 39.0 Å². The molecule has 0 aliphatic rings. The lowest BCUT2D eigenvalue weighted by Gasteiger charge is -2.20. The van der Waals surface area contributed by atoms with Gasteiger partial charge in [-0.15, -0.1) is 0 Å². The molecular formula is C15H22O3. The minimum absolute atomic E-state index is 0.0536. The Labute approximate surface area is 109 Å². The Bertz CT molecular complexity index is 416. The van der Waals surface area contributed by atoms with Gasteiger partial charge in [0.2, 0.25) is 0 Å². The average molecular weight is 250 g/mol. The topological polar surface area (TPSA) is 46.5 Å². The molecule has 1 N–H and O–H groups in total. The number of aliphatic carboxylic acids is 1. The lowest BCUT2D eigenvalue weighted by atomic mass is 9.85. The number of carboxylic acids is 1. The first-order chi connectivity index (χ1) is 8.30. The molecule has 0 atom stereocenters. The van der Waals surface area contributed by atoms with Crippen LogP contribution in [0.3, 0.4) is 0 Å². The van der Waals surface area contributed by atoms with Gasteiger partial charge in [-0.2, -0.15) is 0 Å². The van der Waals surface area contributed by atoms with E-state index in [4.69, 9.17) is 9.84 Å². The Balaban J connectivity index is 2.67. The summed E-state index contributed by atoms with van der Waals surface area (Å²) in [5, 5.41) is 8.54. The van der Waals surface area contributed by atoms with Crippen molar-refractivity contribution < 1.29 is 14.6 Å². The molecule has 0 spiro atoms. The van der Waals surface area contributed by atoms with Gasteiger partial charge in [0.1, 0.15) is 0 Å². The zero-order valence-corrected chi connectivity index (χ0v) is 11.6. The quantitative estimate of drug-likeness (QED) is 0.816. The van der Waals surface area contributed by atoms with Crippen molar-refractivity contribution in [2.75, 3.05) is 6.61 Å². The molecule has 0 aromatic heterocycles. The number of carbonyl (C=O) groups is 1. The van der Waals surface area contributed by atoms with Crippen LogP contribution in [0.25, 0.3) is 0 Å². The van der Waals surface area contributed by atoms with Crippen LogP contribution in [-0.4, -0.2) is 17.7 Å². The second kappa shape index (κ2) is 6.01. The van der Waals surface area contributed by atoms with Crippen molar-refractivity contribution in [3.63, 3.8) is 0 Å². The predicted molar refractivity (Wildman–Crippen MR) is 71.8 cm³/mol. The van der Waals surface area contributed by atoms with E-state index in [0.29, 0.717) is 6.61 Å². The number of hydrogen-bond donors (Lipinski definition) is 1. The van der Waals surface area contributed by atoms with Crippen LogP contribution in [0, 0.1) is 6.92 Å². The zero-order chi connectivity index (χ0) is 13.8. The Morgan fingerprint density at radius 1 is 1.33 bits per heavy atom. The molecule has 1 aromatic carbocycles. The second-order valence-corrected chi connectivity index (χ2v) is 5.59. The van der Waals surface area contributed by atoms with E-state index in [0.717, 1.165) is 5.56 Å². The standard InChI is InChI=1S/C15H22O3/c1-11-5-6-13(15(2,3)4)9-12(11)10-18-8-7-14(16)17/h5-6,9H,7-8,10H2,1-4H3,(H,16,17). The van der Waals surface area contributed by atoms with E-state index in [1.807, 2.05) is 6.92 Å². The van der Waals surface area contributed by atoms with Gasteiger partial charge in [0.05, 0.1) is 19.6 Å². The van der Waals surface area contributed by atoms with Gasteiger partial charge in [0, 0.05) is 0 Å². The Morgan fingerprint density at radius 3 is 2.56 bits per heavy atom. The number of ether oxygens (including phenoxy) is 1. The predicted octanol–water partition coefficient (Wildman–Crippen LogP) is 3.28. The van der Waals surface area contributed by atoms with E-state index in [-0.39, 0.29) is 18.4 Å². The van der Waals surface area contributed by atoms with Gasteiger partial charge < -0.3 is 9.84 Å². The van der Waals surface area contributed by atoms with E-state index in [1.54, 1.807) is 0 Å². The summed E-state index contributed by atoms with van der Waals surface area (Å²) in [4.78, 5) is 10.4. The normalized spacial score (nSPS) is 11.6. The zero-order valence-electron chi connectivity index (χ0n) is 11.6. The maximum absolute atomic E-state index is 10.4. The SMILES string of the molecule is Cc1ccc(C(C)(C)C)cc1COCCC(=O)O. The van der Waals surface area contributed by atoms with Crippen LogP contribution in [0.4, 0.5) is 0 Å². The summed E-state index contributed by atoms with van der Waals surface area (Å²) in [5.74, 6) is -0.824. The molecule has 0 fully saturated rings. The lowest BCUT2D eigenvalue weighted by Crippen LogP contribution is -2.12. The van der Waals surface area contributed by atoms with Crippen LogP contribution in [0.2, 0.25) is 0 Å². The summed E-state index contributed by atoms with van der Waals surface area (Å²) in [6.45, 7) is 9.30. The highest BCUT2D eigenvalue weighted by Gasteiger charge is 2.14. The van der Waals surface area contributed by atoms with Gasteiger partial charge in [0.15, 0.2) is 0 Å². The Morgan fingerprint density at radius 2 is 2.00 bits per heavy atom. The van der Waals surface area contributed by atoms with Crippen LogP contribution in [0.5, 0.6) is 0 Å². The van der Waals surface area contributed by atoms with E-state index in [1.165, 1.54) is 11.1 Å². The van der Waals surface area contributed by atoms with Crippen molar-refractivity contribution in [3.05, 3.63) is 34.9 Å². The molecule has 0 bridgehead atoms. The molecule has 1 aromatic rings. The summed E-state index contributed by atoms with van der Waals surface area (Å²) >= 11 is 0. The number of carboxylic acid groups (broad SMARTS) is 1. The first-order valence-corrected chi connectivity index (χ1v) is 6.20. The van der Waals surface area contributed by atoms with E-state index >= 15 is 0 Å². The highest BCUT2D eigenvalue weighted by molar-refractivity contribution is 5.66. The number of benzene rings is 1. The molecule has 3 nitrogen and oxygen atoms in total. The molecule has 0 saturated carbocycles. The van der Waals surface area contributed by atoms with Crippen molar-refractivity contribution in [1.82, 2.24) is 0 Å². The van der Waals surface area contributed by atoms with Crippen molar-refractivity contribution in [2.45, 2.75) is 46.1 Å². The fraction of sp³-hybridized carbons (Fsp3) is 0.533. The minimum Gasteiger partial charge on any atom is -0.481 e. The summed E-state index contributed by atoms with van der Waals surface area (Å²) in [6, 6.07) is 6.38. The fourth-order valence-corrected chi connectivity index (χ4v) is 1.64. The minimum atomic E-state index is -0.824. The highest BCUT2D eigenvalue weighted by atomic mass is 16.5. The molecule has 0 unspecified atom stereocenters. The van der Waals surface area contributed by atoms with Gasteiger partial charge >= 0.3 is 5.97 Å². The molecule has 0 heterocycles. The third kappa shape index (κ3) is 4.49. The number of hydrogen-bond acceptors (Lipinski definition) is 2. The summed E-state index contributed by atoms with van der Waals surface area (Å²) in [5.41, 5.74) is 3.69. The summed E-state index contributed by atoms with van der Waals surface area (Å²) in [6.07, 6.45) is 0.0536. The summed E-state index contributed by atoms with van der Waals surface area (Å²) in [7, 11) is 0. The average Bonchev–Trinajstić information content (AvgIpc) is 2.24. The van der Waals surface area contributed by atoms with Gasteiger partial charge in [-0.3, -0.25) is 4.79 Å².